The molecule has 0 unspecified atom stereocenters. The highest BCUT2D eigenvalue weighted by molar-refractivity contribution is 8.00. The lowest BCUT2D eigenvalue weighted by Gasteiger charge is -2.36. The van der Waals surface area contributed by atoms with Gasteiger partial charge in [-0.25, -0.2) is 0 Å². The molecule has 2 atom stereocenters. The van der Waals surface area contributed by atoms with E-state index in [2.05, 4.69) is 24.3 Å². The third-order valence-electron chi connectivity index (χ3n) is 5.28. The molecule has 0 aliphatic carbocycles. The minimum Gasteiger partial charge on any atom is -0.375 e. The molecule has 0 radical (unpaired) electrons. The smallest absolute Gasteiger partial charge is 0.270 e. The van der Waals surface area contributed by atoms with E-state index in [0.717, 1.165) is 18.4 Å². The fourth-order valence-electron chi connectivity index (χ4n) is 3.94. The summed E-state index contributed by atoms with van der Waals surface area (Å²) in [6.07, 6.45) is 1.58. The summed E-state index contributed by atoms with van der Waals surface area (Å²) < 4.78 is 7.69. The molecule has 2 aromatic rings. The maximum absolute atomic E-state index is 12.9. The van der Waals surface area contributed by atoms with Crippen LogP contribution in [0.5, 0.6) is 0 Å². The number of anilines is 1. The third-order valence-corrected chi connectivity index (χ3v) is 6.55. The average Bonchev–Trinajstić information content (AvgIpc) is 2.81. The fraction of sp³-hybridized carbons (Fsp3) is 0.500. The van der Waals surface area contributed by atoms with E-state index < -0.39 is 0 Å². The molecule has 1 aromatic carbocycles. The number of carbonyl (C=O) groups excluding carboxylic acids is 1. The van der Waals surface area contributed by atoms with E-state index in [0.29, 0.717) is 23.7 Å². The molecule has 2 aliphatic rings. The predicted molar refractivity (Wildman–Crippen MR) is 107 cm³/mol. The highest BCUT2D eigenvalue weighted by Crippen LogP contribution is 2.42. The number of fused-ring (bicyclic) bond motifs is 1. The number of amides is 1. The summed E-state index contributed by atoms with van der Waals surface area (Å²) >= 11 is 1.50. The lowest BCUT2D eigenvalue weighted by molar-refractivity contribution is -0.113. The Morgan fingerprint density at radius 2 is 1.96 bits per heavy atom. The largest absolute Gasteiger partial charge is 0.375 e. The zero-order valence-electron chi connectivity index (χ0n) is 15.9. The van der Waals surface area contributed by atoms with Crippen molar-refractivity contribution in [3.63, 3.8) is 0 Å². The SMILES string of the molecule is Cc1ccc([C@H]2SCC(=O)Nc3c2c(=O)[nH]n3[C@@H]2CCOC(C)(C)C2)cc1. The van der Waals surface area contributed by atoms with Gasteiger partial charge in [0.05, 0.1) is 28.2 Å². The number of rotatable bonds is 2. The van der Waals surface area contributed by atoms with Gasteiger partial charge in [0.25, 0.3) is 5.56 Å². The van der Waals surface area contributed by atoms with Gasteiger partial charge in [0.15, 0.2) is 0 Å². The van der Waals surface area contributed by atoms with Crippen LogP contribution in [0, 0.1) is 6.92 Å². The molecule has 4 rings (SSSR count). The van der Waals surface area contributed by atoms with Gasteiger partial charge in [-0.1, -0.05) is 29.8 Å². The molecule has 6 nitrogen and oxygen atoms in total. The van der Waals surface area contributed by atoms with Crippen molar-refractivity contribution < 1.29 is 9.53 Å². The highest BCUT2D eigenvalue weighted by atomic mass is 32.2. The highest BCUT2D eigenvalue weighted by Gasteiger charge is 2.35. The third kappa shape index (κ3) is 3.58. The Hall–Kier alpha value is -1.99. The van der Waals surface area contributed by atoms with E-state index in [-0.39, 0.29) is 28.4 Å². The second-order valence-electron chi connectivity index (χ2n) is 7.98. The fourth-order valence-corrected chi connectivity index (χ4v) is 5.07. The zero-order valence-corrected chi connectivity index (χ0v) is 16.7. The molecular weight excluding hydrogens is 362 g/mol. The lowest BCUT2D eigenvalue weighted by Crippen LogP contribution is -2.36. The summed E-state index contributed by atoms with van der Waals surface area (Å²) in [5.41, 5.74) is 2.46. The molecule has 2 aliphatic heterocycles. The maximum Gasteiger partial charge on any atom is 0.270 e. The minimum absolute atomic E-state index is 0.0741. The number of benzene rings is 1. The quantitative estimate of drug-likeness (QED) is 0.828. The molecule has 27 heavy (non-hydrogen) atoms. The Kier molecular flexibility index (Phi) is 4.68. The second-order valence-corrected chi connectivity index (χ2v) is 9.07. The maximum atomic E-state index is 12.9. The summed E-state index contributed by atoms with van der Waals surface area (Å²) in [5, 5.41) is 5.81. The molecule has 0 bridgehead atoms. The monoisotopic (exact) mass is 387 g/mol. The number of aryl methyl sites for hydroxylation is 1. The predicted octanol–water partition coefficient (Wildman–Crippen LogP) is 3.39. The first-order valence-corrected chi connectivity index (χ1v) is 10.4. The van der Waals surface area contributed by atoms with Gasteiger partial charge >= 0.3 is 0 Å². The number of hydrogen-bond donors (Lipinski definition) is 2. The average molecular weight is 388 g/mol. The number of hydrogen-bond acceptors (Lipinski definition) is 4. The number of thioether (sulfide) groups is 1. The van der Waals surface area contributed by atoms with Crippen molar-refractivity contribution >= 4 is 23.5 Å². The normalized spacial score (nSPS) is 24.8. The van der Waals surface area contributed by atoms with Gasteiger partial charge in [-0.3, -0.25) is 19.4 Å². The summed E-state index contributed by atoms with van der Waals surface area (Å²) in [7, 11) is 0. The van der Waals surface area contributed by atoms with Gasteiger partial charge in [-0.05, 0) is 39.2 Å². The van der Waals surface area contributed by atoms with Crippen LogP contribution in [0.3, 0.4) is 0 Å². The standard InChI is InChI=1S/C20H25N3O3S/c1-12-4-6-13(7-5-12)17-16-18(21-15(24)11-27-17)23(22-19(16)25)14-8-9-26-20(2,3)10-14/h4-7,14,17H,8-11H2,1-3H3,(H,21,24)(H,22,25)/t14-,17-/m1/s1. The number of aromatic amines is 1. The van der Waals surface area contributed by atoms with Crippen molar-refractivity contribution in [3.8, 4) is 0 Å². The minimum atomic E-state index is -0.253. The van der Waals surface area contributed by atoms with Crippen LogP contribution in [0.15, 0.2) is 29.1 Å². The zero-order chi connectivity index (χ0) is 19.2. The van der Waals surface area contributed by atoms with Crippen LogP contribution < -0.4 is 10.9 Å². The van der Waals surface area contributed by atoms with Crippen LogP contribution in [0.2, 0.25) is 0 Å². The first-order chi connectivity index (χ1) is 12.8. The lowest BCUT2D eigenvalue weighted by atomic mass is 9.94. The van der Waals surface area contributed by atoms with E-state index >= 15 is 0 Å². The van der Waals surface area contributed by atoms with Crippen LogP contribution in [0.1, 0.15) is 54.7 Å². The van der Waals surface area contributed by atoms with Gasteiger partial charge in [0, 0.05) is 6.61 Å². The van der Waals surface area contributed by atoms with Crippen molar-refractivity contribution in [1.29, 1.82) is 0 Å². The van der Waals surface area contributed by atoms with Crippen molar-refractivity contribution in [3.05, 3.63) is 51.3 Å². The van der Waals surface area contributed by atoms with Crippen LogP contribution in [-0.2, 0) is 9.53 Å². The first-order valence-electron chi connectivity index (χ1n) is 9.30. The summed E-state index contributed by atoms with van der Waals surface area (Å²) in [4.78, 5) is 25.3. The van der Waals surface area contributed by atoms with E-state index in [1.807, 2.05) is 35.9 Å². The number of aromatic nitrogens is 2. The molecule has 3 heterocycles. The Balaban J connectivity index is 1.80. The number of nitrogens with one attached hydrogen (secondary N) is 2. The molecule has 1 amide bonds. The number of carbonyl (C=O) groups is 1. The van der Waals surface area contributed by atoms with Crippen LogP contribution >= 0.6 is 11.8 Å². The van der Waals surface area contributed by atoms with Gasteiger partial charge in [0.2, 0.25) is 5.91 Å². The Bertz CT molecular complexity index is 914. The van der Waals surface area contributed by atoms with Gasteiger partial charge < -0.3 is 10.1 Å². The van der Waals surface area contributed by atoms with Crippen LogP contribution in [-0.4, -0.2) is 33.6 Å². The molecule has 1 saturated heterocycles. The van der Waals surface area contributed by atoms with E-state index in [9.17, 15) is 9.59 Å². The van der Waals surface area contributed by atoms with Gasteiger partial charge in [-0.15, -0.1) is 11.8 Å². The Morgan fingerprint density at radius 1 is 1.22 bits per heavy atom. The van der Waals surface area contributed by atoms with Gasteiger partial charge in [0.1, 0.15) is 5.82 Å². The van der Waals surface area contributed by atoms with E-state index in [1.54, 1.807) is 0 Å². The molecule has 7 heteroatoms. The van der Waals surface area contributed by atoms with Crippen LogP contribution in [0.25, 0.3) is 0 Å². The van der Waals surface area contributed by atoms with E-state index in [1.165, 1.54) is 17.3 Å². The summed E-state index contributed by atoms with van der Waals surface area (Å²) in [5.74, 6) is 0.865. The van der Waals surface area contributed by atoms with Crippen molar-refractivity contribution in [2.75, 3.05) is 17.7 Å². The van der Waals surface area contributed by atoms with Gasteiger partial charge in [-0.2, -0.15) is 0 Å². The number of H-pyrrole nitrogens is 1. The number of nitrogens with zero attached hydrogens (tertiary/aromatic N) is 1. The first kappa shape index (κ1) is 18.4. The second kappa shape index (κ2) is 6.87. The molecule has 2 N–H and O–H groups in total. The Morgan fingerprint density at radius 3 is 2.67 bits per heavy atom. The van der Waals surface area contributed by atoms with Crippen molar-refractivity contribution in [2.24, 2.45) is 0 Å². The van der Waals surface area contributed by atoms with Crippen molar-refractivity contribution in [1.82, 2.24) is 9.78 Å². The molecular formula is C20H25N3O3S. The molecule has 0 spiro atoms. The Labute approximate surface area is 162 Å². The molecule has 1 fully saturated rings. The van der Waals surface area contributed by atoms with E-state index in [4.69, 9.17) is 4.74 Å². The van der Waals surface area contributed by atoms with Crippen molar-refractivity contribution in [2.45, 2.75) is 50.5 Å². The summed E-state index contributed by atoms with van der Waals surface area (Å²) in [6, 6.07) is 8.26. The summed E-state index contributed by atoms with van der Waals surface area (Å²) in [6.45, 7) is 6.79. The molecule has 1 aromatic heterocycles. The molecule has 0 saturated carbocycles. The topological polar surface area (TPSA) is 76.1 Å². The number of ether oxygens (including phenoxy) is 1. The molecule has 144 valence electrons. The van der Waals surface area contributed by atoms with Crippen LogP contribution in [0.4, 0.5) is 5.82 Å².